The highest BCUT2D eigenvalue weighted by Gasteiger charge is 2.20. The van der Waals surface area contributed by atoms with Crippen LogP contribution in [0.15, 0.2) is 83.4 Å². The largest absolute Gasteiger partial charge is 0.488 e. The number of nitrogens with two attached hydrogens (primary N) is 1. The topological polar surface area (TPSA) is 87.6 Å². The molecule has 2 N–H and O–H groups in total. The van der Waals surface area contributed by atoms with Gasteiger partial charge in [0.1, 0.15) is 24.7 Å². The normalized spacial score (nSPS) is 10.9. The fourth-order valence-corrected chi connectivity index (χ4v) is 3.45. The zero-order valence-corrected chi connectivity index (χ0v) is 18.7. The van der Waals surface area contributed by atoms with Gasteiger partial charge in [-0.2, -0.15) is 0 Å². The number of hydrogen-bond acceptors (Lipinski definition) is 5. The van der Waals surface area contributed by atoms with E-state index >= 15 is 0 Å². The van der Waals surface area contributed by atoms with E-state index in [0.29, 0.717) is 30.3 Å². The van der Waals surface area contributed by atoms with Crippen molar-refractivity contribution in [2.45, 2.75) is 33.0 Å². The Bertz CT molecular complexity index is 1220. The first-order valence-electron chi connectivity index (χ1n) is 10.8. The molecule has 6 nitrogen and oxygen atoms in total. The van der Waals surface area contributed by atoms with Crippen LogP contribution in [0.4, 0.5) is 0 Å². The predicted octanol–water partition coefficient (Wildman–Crippen LogP) is 5.72. The highest BCUT2D eigenvalue weighted by Crippen LogP contribution is 2.40. The minimum atomic E-state index is -0.649. The van der Waals surface area contributed by atoms with E-state index in [4.69, 9.17) is 19.7 Å². The number of carbonyl (C=O) groups excluding carboxylic acids is 1. The van der Waals surface area contributed by atoms with E-state index < -0.39 is 5.91 Å². The molecule has 33 heavy (non-hydrogen) atoms. The van der Waals surface area contributed by atoms with E-state index in [9.17, 15) is 4.79 Å². The molecule has 0 spiro atoms. The first-order chi connectivity index (χ1) is 16.0. The minimum absolute atomic E-state index is 0.0644. The molecular formula is C27H26N2O4. The maximum atomic E-state index is 11.5. The molecule has 0 bridgehead atoms. The molecule has 6 heteroatoms. The van der Waals surface area contributed by atoms with Gasteiger partial charge in [0.25, 0.3) is 5.91 Å². The van der Waals surface area contributed by atoms with Crippen molar-refractivity contribution in [1.82, 2.24) is 5.16 Å². The number of carbonyl (C=O) groups is 1. The molecule has 0 unspecified atom stereocenters. The van der Waals surface area contributed by atoms with Crippen LogP contribution in [0, 0.1) is 0 Å². The van der Waals surface area contributed by atoms with E-state index in [1.165, 1.54) is 6.07 Å². The Balaban J connectivity index is 1.72. The second kappa shape index (κ2) is 10.0. The van der Waals surface area contributed by atoms with Crippen molar-refractivity contribution in [2.75, 3.05) is 0 Å². The van der Waals surface area contributed by atoms with Gasteiger partial charge in [-0.05, 0) is 28.7 Å². The van der Waals surface area contributed by atoms with E-state index in [1.807, 2.05) is 72.8 Å². The highest BCUT2D eigenvalue weighted by molar-refractivity contribution is 5.91. The predicted molar refractivity (Wildman–Crippen MR) is 126 cm³/mol. The quantitative estimate of drug-likeness (QED) is 0.358. The molecule has 0 aliphatic heterocycles. The van der Waals surface area contributed by atoms with Gasteiger partial charge in [-0.15, -0.1) is 0 Å². The molecule has 0 fully saturated rings. The van der Waals surface area contributed by atoms with Crippen molar-refractivity contribution >= 4 is 5.91 Å². The molecule has 4 rings (SSSR count). The van der Waals surface area contributed by atoms with Gasteiger partial charge >= 0.3 is 0 Å². The third-order valence-corrected chi connectivity index (χ3v) is 5.24. The molecule has 0 saturated carbocycles. The number of aromatic nitrogens is 1. The van der Waals surface area contributed by atoms with Gasteiger partial charge in [0.05, 0.1) is 5.56 Å². The lowest BCUT2D eigenvalue weighted by Crippen LogP contribution is -2.10. The number of primary amides is 1. The first-order valence-corrected chi connectivity index (χ1v) is 10.8. The van der Waals surface area contributed by atoms with E-state index in [-0.39, 0.29) is 11.6 Å². The second-order valence-corrected chi connectivity index (χ2v) is 8.03. The standard InChI is InChI=1S/C27H26N2O4/c1-18(2)21-13-22(26-14-23(27(28)30)29-33-26)25(32-17-20-11-7-4-8-12-20)15-24(21)31-16-19-9-5-3-6-10-19/h3-15,18H,16-17H2,1-2H3,(H2,28,30). The summed E-state index contributed by atoms with van der Waals surface area (Å²) in [6, 6.07) is 25.3. The average molecular weight is 443 g/mol. The summed E-state index contributed by atoms with van der Waals surface area (Å²) in [6.07, 6.45) is 0. The summed E-state index contributed by atoms with van der Waals surface area (Å²) in [4.78, 5) is 11.5. The molecule has 3 aromatic carbocycles. The third-order valence-electron chi connectivity index (χ3n) is 5.24. The number of rotatable bonds is 9. The van der Waals surface area contributed by atoms with Gasteiger partial charge in [0, 0.05) is 12.1 Å². The molecule has 0 saturated heterocycles. The average Bonchev–Trinajstić information content (AvgIpc) is 3.33. The monoisotopic (exact) mass is 442 g/mol. The lowest BCUT2D eigenvalue weighted by molar-refractivity contribution is 0.0991. The number of ether oxygens (including phenoxy) is 2. The Morgan fingerprint density at radius 1 is 0.879 bits per heavy atom. The van der Waals surface area contributed by atoms with Crippen LogP contribution in [0.25, 0.3) is 11.3 Å². The van der Waals surface area contributed by atoms with Gasteiger partial charge in [0.2, 0.25) is 0 Å². The van der Waals surface area contributed by atoms with Crippen molar-refractivity contribution in [3.63, 3.8) is 0 Å². The summed E-state index contributed by atoms with van der Waals surface area (Å²) in [7, 11) is 0. The molecule has 168 valence electrons. The van der Waals surface area contributed by atoms with E-state index in [2.05, 4.69) is 19.0 Å². The summed E-state index contributed by atoms with van der Waals surface area (Å²) in [6.45, 7) is 4.98. The number of benzene rings is 3. The van der Waals surface area contributed by atoms with Crippen LogP contribution in [0.2, 0.25) is 0 Å². The number of amides is 1. The lowest BCUT2D eigenvalue weighted by Gasteiger charge is -2.19. The van der Waals surface area contributed by atoms with Crippen molar-refractivity contribution in [2.24, 2.45) is 5.73 Å². The molecular weight excluding hydrogens is 416 g/mol. The SMILES string of the molecule is CC(C)c1cc(-c2cc(C(N)=O)no2)c(OCc2ccccc2)cc1OCc1ccccc1. The van der Waals surface area contributed by atoms with Crippen molar-refractivity contribution in [1.29, 1.82) is 0 Å². The Kier molecular flexibility index (Phi) is 6.74. The molecule has 0 atom stereocenters. The van der Waals surface area contributed by atoms with Crippen LogP contribution in [0.5, 0.6) is 11.5 Å². The summed E-state index contributed by atoms with van der Waals surface area (Å²) in [5.74, 6) is 1.23. The Hall–Kier alpha value is -4.06. The maximum absolute atomic E-state index is 11.5. The zero-order chi connectivity index (χ0) is 23.2. The van der Waals surface area contributed by atoms with Gasteiger partial charge in [0.15, 0.2) is 11.5 Å². The van der Waals surface area contributed by atoms with E-state index in [0.717, 1.165) is 22.4 Å². The van der Waals surface area contributed by atoms with Crippen LogP contribution in [-0.4, -0.2) is 11.1 Å². The molecule has 0 aliphatic carbocycles. The van der Waals surface area contributed by atoms with E-state index in [1.54, 1.807) is 0 Å². The van der Waals surface area contributed by atoms with Crippen molar-refractivity contribution in [3.8, 4) is 22.8 Å². The Morgan fingerprint density at radius 2 is 1.45 bits per heavy atom. The Morgan fingerprint density at radius 3 is 1.97 bits per heavy atom. The summed E-state index contributed by atoms with van der Waals surface area (Å²) >= 11 is 0. The van der Waals surface area contributed by atoms with Crippen molar-refractivity contribution in [3.05, 3.63) is 101 Å². The second-order valence-electron chi connectivity index (χ2n) is 8.03. The number of nitrogens with zero attached hydrogens (tertiary/aromatic N) is 1. The van der Waals surface area contributed by atoms with Crippen molar-refractivity contribution < 1.29 is 18.8 Å². The third kappa shape index (κ3) is 5.41. The van der Waals surface area contributed by atoms with Gasteiger partial charge < -0.3 is 19.7 Å². The molecule has 4 aromatic rings. The molecule has 0 aliphatic rings. The van der Waals surface area contributed by atoms with Gasteiger partial charge in [-0.25, -0.2) is 0 Å². The van der Waals surface area contributed by atoms with Gasteiger partial charge in [-0.1, -0.05) is 79.7 Å². The maximum Gasteiger partial charge on any atom is 0.270 e. The summed E-state index contributed by atoms with van der Waals surface area (Å²) in [5.41, 5.74) is 9.20. The summed E-state index contributed by atoms with van der Waals surface area (Å²) in [5, 5.41) is 3.79. The highest BCUT2D eigenvalue weighted by atomic mass is 16.5. The van der Waals surface area contributed by atoms with Crippen LogP contribution in [0.3, 0.4) is 0 Å². The fraction of sp³-hybridized carbons (Fsp3) is 0.185. The first kappa shape index (κ1) is 22.1. The Labute approximate surface area is 192 Å². The number of hydrogen-bond donors (Lipinski definition) is 1. The smallest absolute Gasteiger partial charge is 0.270 e. The lowest BCUT2D eigenvalue weighted by atomic mass is 9.97. The molecule has 1 aromatic heterocycles. The summed E-state index contributed by atoms with van der Waals surface area (Å²) < 4.78 is 17.8. The molecule has 0 radical (unpaired) electrons. The minimum Gasteiger partial charge on any atom is -0.488 e. The van der Waals surface area contributed by atoms with Crippen LogP contribution in [0.1, 0.15) is 46.9 Å². The fourth-order valence-electron chi connectivity index (χ4n) is 3.45. The van der Waals surface area contributed by atoms with Crippen LogP contribution >= 0.6 is 0 Å². The zero-order valence-electron chi connectivity index (χ0n) is 18.7. The van der Waals surface area contributed by atoms with Gasteiger partial charge in [-0.3, -0.25) is 4.79 Å². The molecule has 1 heterocycles. The molecule has 1 amide bonds. The van der Waals surface area contributed by atoms with Crippen LogP contribution < -0.4 is 15.2 Å². The van der Waals surface area contributed by atoms with Crippen LogP contribution in [-0.2, 0) is 13.2 Å².